The molecule has 3 nitrogen and oxygen atoms in total. The first-order valence-electron chi connectivity index (χ1n) is 11.0. The maximum Gasteiger partial charge on any atom is 0.0591 e. The van der Waals surface area contributed by atoms with Crippen LogP contribution in [0.5, 0.6) is 0 Å². The molecule has 5 aromatic carbocycles. The molecule has 0 bridgehead atoms. The summed E-state index contributed by atoms with van der Waals surface area (Å²) in [5, 5.41) is 10.3. The highest BCUT2D eigenvalue weighted by atomic mass is 14.9. The van der Waals surface area contributed by atoms with Crippen LogP contribution in [0.15, 0.2) is 84.9 Å². The summed E-state index contributed by atoms with van der Waals surface area (Å²) in [5.74, 6) is 0. The minimum atomic E-state index is 1.17. The molecule has 3 heteroatoms. The minimum absolute atomic E-state index is 1.17. The molecule has 0 saturated carbocycles. The van der Waals surface area contributed by atoms with Gasteiger partial charge in [0.2, 0.25) is 0 Å². The van der Waals surface area contributed by atoms with Crippen molar-refractivity contribution in [2.24, 2.45) is 7.05 Å². The number of hydrogen-bond acceptors (Lipinski definition) is 0. The van der Waals surface area contributed by atoms with Crippen LogP contribution in [-0.2, 0) is 7.05 Å². The second-order valence-corrected chi connectivity index (χ2v) is 8.83. The van der Waals surface area contributed by atoms with Crippen LogP contribution < -0.4 is 0 Å². The molecular weight excluding hydrogens is 390 g/mol. The van der Waals surface area contributed by atoms with E-state index in [4.69, 9.17) is 0 Å². The highest BCUT2D eigenvalue weighted by molar-refractivity contribution is 6.33. The van der Waals surface area contributed by atoms with E-state index < -0.39 is 0 Å². The number of aromatic nitrogens is 3. The molecule has 0 unspecified atom stereocenters. The molecule has 150 valence electrons. The van der Waals surface area contributed by atoms with Gasteiger partial charge in [-0.3, -0.25) is 0 Å². The predicted molar refractivity (Wildman–Crippen MR) is 137 cm³/mol. The van der Waals surface area contributed by atoms with Gasteiger partial charge in [0, 0.05) is 61.4 Å². The van der Waals surface area contributed by atoms with E-state index in [0.717, 1.165) is 0 Å². The van der Waals surface area contributed by atoms with Crippen LogP contribution in [0.2, 0.25) is 0 Å². The van der Waals surface area contributed by atoms with Crippen molar-refractivity contribution < 1.29 is 0 Å². The lowest BCUT2D eigenvalue weighted by Crippen LogP contribution is -1.87. The Morgan fingerprint density at radius 1 is 0.531 bits per heavy atom. The number of nitrogens with zero attached hydrogens (tertiary/aromatic N) is 1. The molecule has 2 N–H and O–H groups in total. The van der Waals surface area contributed by atoms with Crippen molar-refractivity contribution in [3.05, 3.63) is 84.9 Å². The molecule has 0 spiro atoms. The molecule has 3 heterocycles. The fourth-order valence-corrected chi connectivity index (χ4v) is 5.88. The Morgan fingerprint density at radius 2 is 1.22 bits per heavy atom. The summed E-state index contributed by atoms with van der Waals surface area (Å²) in [5.41, 5.74) is 7.28. The van der Waals surface area contributed by atoms with Crippen LogP contribution in [0.4, 0.5) is 0 Å². The topological polar surface area (TPSA) is 36.5 Å². The zero-order valence-corrected chi connectivity index (χ0v) is 17.5. The maximum atomic E-state index is 3.78. The molecule has 8 rings (SSSR count). The summed E-state index contributed by atoms with van der Waals surface area (Å²) in [6, 6.07) is 30.7. The summed E-state index contributed by atoms with van der Waals surface area (Å²) in [6.07, 6.45) is 0. The van der Waals surface area contributed by atoms with Crippen molar-refractivity contribution in [3.63, 3.8) is 0 Å². The van der Waals surface area contributed by atoms with E-state index in [1.165, 1.54) is 76.2 Å². The van der Waals surface area contributed by atoms with Crippen molar-refractivity contribution in [1.82, 2.24) is 14.5 Å². The third kappa shape index (κ3) is 1.84. The number of nitrogens with one attached hydrogen (secondary N) is 2. The third-order valence-corrected chi connectivity index (χ3v) is 7.25. The predicted octanol–water partition coefficient (Wildman–Crippen LogP) is 7.75. The Kier molecular flexibility index (Phi) is 2.83. The number of aromatic amines is 2. The largest absolute Gasteiger partial charge is 0.354 e. The highest BCUT2D eigenvalue weighted by Gasteiger charge is 2.18. The van der Waals surface area contributed by atoms with Crippen LogP contribution in [-0.4, -0.2) is 14.5 Å². The van der Waals surface area contributed by atoms with Crippen molar-refractivity contribution in [2.45, 2.75) is 0 Å². The van der Waals surface area contributed by atoms with Gasteiger partial charge in [-0.05, 0) is 35.0 Å². The molecule has 0 atom stereocenters. The van der Waals surface area contributed by atoms with E-state index in [0.29, 0.717) is 0 Å². The lowest BCUT2D eigenvalue weighted by atomic mass is 10.0. The van der Waals surface area contributed by atoms with Gasteiger partial charge in [0.1, 0.15) is 0 Å². The summed E-state index contributed by atoms with van der Waals surface area (Å²) in [4.78, 5) is 7.46. The monoisotopic (exact) mass is 409 g/mol. The van der Waals surface area contributed by atoms with Crippen LogP contribution in [0.3, 0.4) is 0 Å². The normalized spacial score (nSPS) is 12.5. The molecule has 0 aliphatic heterocycles. The molecule has 0 saturated heterocycles. The molecule has 32 heavy (non-hydrogen) atoms. The smallest absolute Gasteiger partial charge is 0.0591 e. The quantitative estimate of drug-likeness (QED) is 0.257. The second kappa shape index (κ2) is 5.51. The zero-order valence-electron chi connectivity index (χ0n) is 17.5. The van der Waals surface area contributed by atoms with Crippen LogP contribution in [0, 0.1) is 0 Å². The van der Waals surface area contributed by atoms with Gasteiger partial charge in [-0.15, -0.1) is 0 Å². The number of para-hydroxylation sites is 1. The molecule has 0 aliphatic rings. The van der Waals surface area contributed by atoms with Gasteiger partial charge < -0.3 is 14.5 Å². The molecular formula is C29H19N3. The first kappa shape index (κ1) is 16.5. The fourth-order valence-electron chi connectivity index (χ4n) is 5.88. The second-order valence-electron chi connectivity index (χ2n) is 8.83. The van der Waals surface area contributed by atoms with E-state index in [-0.39, 0.29) is 0 Å². The van der Waals surface area contributed by atoms with E-state index >= 15 is 0 Å². The Morgan fingerprint density at radius 3 is 2.12 bits per heavy atom. The van der Waals surface area contributed by atoms with Crippen molar-refractivity contribution in [2.75, 3.05) is 0 Å². The Labute approximate surface area is 182 Å². The summed E-state index contributed by atoms with van der Waals surface area (Å²) in [7, 11) is 2.18. The van der Waals surface area contributed by atoms with Gasteiger partial charge in [-0.25, -0.2) is 0 Å². The summed E-state index contributed by atoms with van der Waals surface area (Å²) in [6.45, 7) is 0. The Hall–Kier alpha value is -4.24. The number of H-pyrrole nitrogens is 2. The van der Waals surface area contributed by atoms with Gasteiger partial charge in [0.15, 0.2) is 0 Å². The number of aryl methyl sites for hydroxylation is 1. The number of rotatable bonds is 0. The van der Waals surface area contributed by atoms with Gasteiger partial charge in [0.25, 0.3) is 0 Å². The van der Waals surface area contributed by atoms with Crippen LogP contribution in [0.25, 0.3) is 76.2 Å². The molecule has 0 amide bonds. The zero-order chi connectivity index (χ0) is 21.0. The van der Waals surface area contributed by atoms with Crippen molar-refractivity contribution in [1.29, 1.82) is 0 Å². The fraction of sp³-hybridized carbons (Fsp3) is 0.0345. The maximum absolute atomic E-state index is 3.78. The highest BCUT2D eigenvalue weighted by Crippen LogP contribution is 2.42. The summed E-state index contributed by atoms with van der Waals surface area (Å²) < 4.78 is 2.34. The average molecular weight is 409 g/mol. The molecule has 0 fully saturated rings. The molecule has 0 aliphatic carbocycles. The van der Waals surface area contributed by atoms with E-state index in [9.17, 15) is 0 Å². The Balaban J connectivity index is 1.67. The lowest BCUT2D eigenvalue weighted by Gasteiger charge is -2.02. The first-order valence-corrected chi connectivity index (χ1v) is 11.0. The lowest BCUT2D eigenvalue weighted by molar-refractivity contribution is 1.02. The molecule has 0 radical (unpaired) electrons. The van der Waals surface area contributed by atoms with Crippen LogP contribution >= 0.6 is 0 Å². The number of benzene rings is 5. The van der Waals surface area contributed by atoms with E-state index in [2.05, 4.69) is 107 Å². The minimum Gasteiger partial charge on any atom is -0.354 e. The van der Waals surface area contributed by atoms with Gasteiger partial charge in [-0.2, -0.15) is 0 Å². The number of hydrogen-bond donors (Lipinski definition) is 2. The van der Waals surface area contributed by atoms with E-state index in [1.807, 2.05) is 0 Å². The third-order valence-electron chi connectivity index (χ3n) is 7.25. The first-order chi connectivity index (χ1) is 15.8. The SMILES string of the molecule is Cn1c2ccccc2c2ccc3[nH]c4ccc5c([nH]c6ccc7ccccc7c65)c4c3c21. The molecule has 8 aromatic rings. The van der Waals surface area contributed by atoms with Crippen LogP contribution in [0.1, 0.15) is 0 Å². The van der Waals surface area contributed by atoms with Gasteiger partial charge >= 0.3 is 0 Å². The van der Waals surface area contributed by atoms with E-state index in [1.54, 1.807) is 0 Å². The molecule has 3 aromatic heterocycles. The van der Waals surface area contributed by atoms with Gasteiger partial charge in [0.05, 0.1) is 11.0 Å². The van der Waals surface area contributed by atoms with Gasteiger partial charge in [-0.1, -0.05) is 60.7 Å². The van der Waals surface area contributed by atoms with Crippen molar-refractivity contribution in [3.8, 4) is 0 Å². The summed E-state index contributed by atoms with van der Waals surface area (Å²) >= 11 is 0. The average Bonchev–Trinajstić information content (AvgIpc) is 3.48. The Bertz CT molecular complexity index is 2050. The standard InChI is InChI=1S/C29H19N3/c1-32-24-9-5-4-8-18(24)19-11-14-23-27(29(19)32)26-22(30-23)15-12-20-25-17-7-3-2-6-16(17)10-13-21(25)31-28(20)26/h2-15,30-31H,1H3. The van der Waals surface area contributed by atoms with Crippen molar-refractivity contribution >= 4 is 76.2 Å². The number of fused-ring (bicyclic) bond motifs is 13.